The third kappa shape index (κ3) is 1.40. The van der Waals surface area contributed by atoms with Gasteiger partial charge in [0.25, 0.3) is 0 Å². The second-order valence-corrected chi connectivity index (χ2v) is 4.16. The first-order valence-corrected chi connectivity index (χ1v) is 5.29. The van der Waals surface area contributed by atoms with E-state index in [1.807, 2.05) is 0 Å². The Morgan fingerprint density at radius 1 is 1.40 bits per heavy atom. The number of allylic oxidation sites excluding steroid dienone is 1. The molecule has 4 heteroatoms. The molecule has 0 aromatic heterocycles. The average molecular weight is 209 g/mol. The summed E-state index contributed by atoms with van der Waals surface area (Å²) in [6, 6.07) is 0. The molecule has 1 heterocycles. The number of β-amino-alcohol motifs (C(OH)–C–C–N with tert-alkyl or cyclic N) is 1. The molecule has 2 amide bonds. The van der Waals surface area contributed by atoms with Gasteiger partial charge in [0.05, 0.1) is 25.0 Å². The number of imide groups is 1. The van der Waals surface area contributed by atoms with E-state index in [0.717, 1.165) is 12.8 Å². The maximum Gasteiger partial charge on any atom is 0.233 e. The molecule has 1 N–H and O–H groups in total. The largest absolute Gasteiger partial charge is 0.395 e. The van der Waals surface area contributed by atoms with Gasteiger partial charge in [-0.3, -0.25) is 14.5 Å². The molecular weight excluding hydrogens is 194 g/mol. The summed E-state index contributed by atoms with van der Waals surface area (Å²) in [5.74, 6) is -0.464. The van der Waals surface area contributed by atoms with E-state index in [9.17, 15) is 9.59 Å². The Hall–Kier alpha value is -1.16. The summed E-state index contributed by atoms with van der Waals surface area (Å²) in [6.07, 6.45) is 3.43. The maximum absolute atomic E-state index is 11.9. The van der Waals surface area contributed by atoms with E-state index in [-0.39, 0.29) is 42.7 Å². The molecule has 0 bridgehead atoms. The van der Waals surface area contributed by atoms with E-state index in [1.54, 1.807) is 6.08 Å². The highest BCUT2D eigenvalue weighted by atomic mass is 16.3. The van der Waals surface area contributed by atoms with E-state index in [0.29, 0.717) is 0 Å². The number of fused-ring (bicyclic) bond motifs is 1. The van der Waals surface area contributed by atoms with Gasteiger partial charge in [-0.15, -0.1) is 6.58 Å². The first-order valence-electron chi connectivity index (χ1n) is 5.29. The van der Waals surface area contributed by atoms with Crippen LogP contribution in [0.5, 0.6) is 0 Å². The van der Waals surface area contributed by atoms with Crippen LogP contribution in [0.25, 0.3) is 0 Å². The highest BCUT2D eigenvalue weighted by Crippen LogP contribution is 2.44. The van der Waals surface area contributed by atoms with Gasteiger partial charge in [-0.25, -0.2) is 0 Å². The Bertz CT molecular complexity index is 313. The van der Waals surface area contributed by atoms with Crippen molar-refractivity contribution < 1.29 is 14.7 Å². The smallest absolute Gasteiger partial charge is 0.233 e. The first-order chi connectivity index (χ1) is 7.20. The molecule has 2 aliphatic rings. The molecule has 0 radical (unpaired) electrons. The van der Waals surface area contributed by atoms with Crippen LogP contribution < -0.4 is 0 Å². The molecule has 1 aliphatic heterocycles. The van der Waals surface area contributed by atoms with E-state index in [1.165, 1.54) is 4.90 Å². The second kappa shape index (κ2) is 3.77. The molecular formula is C11H15NO3. The van der Waals surface area contributed by atoms with Crippen molar-refractivity contribution in [3.8, 4) is 0 Å². The predicted molar refractivity (Wildman–Crippen MR) is 53.7 cm³/mol. The minimum atomic E-state index is -0.207. The van der Waals surface area contributed by atoms with Crippen LogP contribution in [-0.2, 0) is 9.59 Å². The molecule has 2 fully saturated rings. The fourth-order valence-corrected chi connectivity index (χ4v) is 2.74. The van der Waals surface area contributed by atoms with Crippen molar-refractivity contribution >= 4 is 11.8 Å². The summed E-state index contributed by atoms with van der Waals surface area (Å²) in [6.45, 7) is 3.68. The van der Waals surface area contributed by atoms with Gasteiger partial charge in [0.1, 0.15) is 0 Å². The molecule has 2 unspecified atom stereocenters. The van der Waals surface area contributed by atoms with Crippen LogP contribution in [0.1, 0.15) is 12.8 Å². The van der Waals surface area contributed by atoms with Crippen LogP contribution in [0.4, 0.5) is 0 Å². The number of likely N-dealkylation sites (tertiary alicyclic amines) is 1. The number of aliphatic hydroxyl groups is 1. The number of hydrogen-bond donors (Lipinski definition) is 1. The van der Waals surface area contributed by atoms with Crippen molar-refractivity contribution in [3.05, 3.63) is 12.7 Å². The van der Waals surface area contributed by atoms with Crippen LogP contribution in [0.15, 0.2) is 12.7 Å². The monoisotopic (exact) mass is 209 g/mol. The Balaban J connectivity index is 2.22. The second-order valence-electron chi connectivity index (χ2n) is 4.16. The molecule has 1 saturated carbocycles. The molecule has 0 aromatic rings. The van der Waals surface area contributed by atoms with Crippen molar-refractivity contribution in [2.75, 3.05) is 13.2 Å². The molecule has 1 aliphatic carbocycles. The number of carbonyl (C=O) groups is 2. The molecule has 2 rings (SSSR count). The summed E-state index contributed by atoms with van der Waals surface area (Å²) in [4.78, 5) is 24.9. The Labute approximate surface area is 88.6 Å². The lowest BCUT2D eigenvalue weighted by atomic mass is 9.92. The van der Waals surface area contributed by atoms with Crippen LogP contribution >= 0.6 is 0 Å². The lowest BCUT2D eigenvalue weighted by Gasteiger charge is -2.15. The number of amides is 2. The van der Waals surface area contributed by atoms with Gasteiger partial charge >= 0.3 is 0 Å². The Morgan fingerprint density at radius 2 is 2.13 bits per heavy atom. The number of carbonyl (C=O) groups excluding carboxylic acids is 2. The zero-order chi connectivity index (χ0) is 11.0. The van der Waals surface area contributed by atoms with Crippen molar-refractivity contribution in [1.29, 1.82) is 0 Å². The summed E-state index contributed by atoms with van der Waals surface area (Å²) in [5, 5.41) is 8.78. The van der Waals surface area contributed by atoms with Crippen molar-refractivity contribution in [3.63, 3.8) is 0 Å². The van der Waals surface area contributed by atoms with E-state index in [4.69, 9.17) is 5.11 Å². The predicted octanol–water partition coefficient (Wildman–Crippen LogP) is 0.176. The summed E-state index contributed by atoms with van der Waals surface area (Å²) in [7, 11) is 0. The van der Waals surface area contributed by atoms with Crippen molar-refractivity contribution in [1.82, 2.24) is 4.90 Å². The lowest BCUT2D eigenvalue weighted by Crippen LogP contribution is -2.34. The summed E-state index contributed by atoms with van der Waals surface area (Å²) in [5.41, 5.74) is 0. The molecule has 82 valence electrons. The van der Waals surface area contributed by atoms with Gasteiger partial charge in [-0.05, 0) is 18.8 Å². The average Bonchev–Trinajstić information content (AvgIpc) is 2.75. The number of aliphatic hydroxyl groups excluding tert-OH is 1. The number of hydrogen-bond acceptors (Lipinski definition) is 3. The van der Waals surface area contributed by atoms with Crippen molar-refractivity contribution in [2.45, 2.75) is 12.8 Å². The zero-order valence-corrected chi connectivity index (χ0v) is 8.56. The molecule has 4 nitrogen and oxygen atoms in total. The first kappa shape index (κ1) is 10.4. The topological polar surface area (TPSA) is 57.6 Å². The van der Waals surface area contributed by atoms with Crippen LogP contribution in [0, 0.1) is 17.8 Å². The SMILES string of the molecule is C=C[C@@H]1CCC2C(=O)N(CCO)C(=O)C21. The van der Waals surface area contributed by atoms with E-state index < -0.39 is 0 Å². The standard InChI is InChI=1S/C11H15NO3/c1-2-7-3-4-8-9(7)11(15)12(5-6-13)10(8)14/h2,7-9,13H,1,3-6H2/t7-,8?,9?/m1/s1. The Kier molecular flexibility index (Phi) is 2.61. The molecule has 0 aromatic carbocycles. The third-order valence-corrected chi connectivity index (χ3v) is 3.47. The minimum Gasteiger partial charge on any atom is -0.395 e. The van der Waals surface area contributed by atoms with Gasteiger partial charge in [0.2, 0.25) is 11.8 Å². The van der Waals surface area contributed by atoms with Crippen LogP contribution in [0.3, 0.4) is 0 Å². The van der Waals surface area contributed by atoms with Gasteiger partial charge in [-0.2, -0.15) is 0 Å². The van der Waals surface area contributed by atoms with Gasteiger partial charge < -0.3 is 5.11 Å². The molecule has 1 saturated heterocycles. The normalized spacial score (nSPS) is 34.7. The van der Waals surface area contributed by atoms with Crippen LogP contribution in [-0.4, -0.2) is 35.0 Å². The van der Waals surface area contributed by atoms with E-state index >= 15 is 0 Å². The molecule has 15 heavy (non-hydrogen) atoms. The summed E-state index contributed by atoms with van der Waals surface area (Å²) >= 11 is 0. The quantitative estimate of drug-likeness (QED) is 0.532. The number of rotatable bonds is 3. The summed E-state index contributed by atoms with van der Waals surface area (Å²) < 4.78 is 0. The van der Waals surface area contributed by atoms with E-state index in [2.05, 4.69) is 6.58 Å². The molecule has 3 atom stereocenters. The minimum absolute atomic E-state index is 0.108. The maximum atomic E-state index is 11.9. The van der Waals surface area contributed by atoms with Gasteiger partial charge in [0, 0.05) is 0 Å². The fourth-order valence-electron chi connectivity index (χ4n) is 2.74. The van der Waals surface area contributed by atoms with Crippen molar-refractivity contribution in [2.24, 2.45) is 17.8 Å². The lowest BCUT2D eigenvalue weighted by molar-refractivity contribution is -0.141. The fraction of sp³-hybridized carbons (Fsp3) is 0.636. The van der Waals surface area contributed by atoms with Gasteiger partial charge in [-0.1, -0.05) is 6.08 Å². The third-order valence-electron chi connectivity index (χ3n) is 3.47. The highest BCUT2D eigenvalue weighted by molar-refractivity contribution is 6.05. The number of nitrogens with zero attached hydrogens (tertiary/aromatic N) is 1. The van der Waals surface area contributed by atoms with Gasteiger partial charge in [0.15, 0.2) is 0 Å². The van der Waals surface area contributed by atoms with Crippen LogP contribution in [0.2, 0.25) is 0 Å². The zero-order valence-electron chi connectivity index (χ0n) is 8.56. The Morgan fingerprint density at radius 3 is 2.73 bits per heavy atom. The highest BCUT2D eigenvalue weighted by Gasteiger charge is 2.52. The molecule has 0 spiro atoms.